The van der Waals surface area contributed by atoms with Crippen LogP contribution in [0.15, 0.2) is 15.3 Å². The van der Waals surface area contributed by atoms with Crippen LogP contribution in [0.4, 0.5) is 0 Å². The summed E-state index contributed by atoms with van der Waals surface area (Å²) in [6, 6.07) is 3.90. The molecular weight excluding hydrogens is 322 g/mol. The summed E-state index contributed by atoms with van der Waals surface area (Å²) in [6.07, 6.45) is 0. The minimum atomic E-state index is -0.587. The van der Waals surface area contributed by atoms with Crippen LogP contribution in [0, 0.1) is 25.2 Å². The minimum absolute atomic E-state index is 0.0751. The molecule has 0 bridgehead atoms. The van der Waals surface area contributed by atoms with Crippen molar-refractivity contribution < 1.29 is 9.15 Å². The number of ether oxygens (including phenoxy) is 1. The predicted octanol–water partition coefficient (Wildman–Crippen LogP) is 3.15. The van der Waals surface area contributed by atoms with E-state index >= 15 is 0 Å². The molecule has 0 amide bonds. The number of hydrogen-bond acceptors (Lipinski definition) is 4. The van der Waals surface area contributed by atoms with Crippen molar-refractivity contribution in [2.45, 2.75) is 19.8 Å². The molecule has 0 N–H and O–H groups in total. The lowest BCUT2D eigenvalue weighted by molar-refractivity contribution is 0.337. The Bertz CT molecular complexity index is 817. The zero-order chi connectivity index (χ0) is 14.4. The molecular formula is C15H12BrNO3. The van der Waals surface area contributed by atoms with Gasteiger partial charge in [-0.3, -0.25) is 0 Å². The van der Waals surface area contributed by atoms with E-state index in [0.717, 1.165) is 27.6 Å². The van der Waals surface area contributed by atoms with Crippen LogP contribution in [0.25, 0.3) is 11.0 Å². The van der Waals surface area contributed by atoms with Crippen LogP contribution in [-0.4, -0.2) is 11.9 Å². The second-order valence-corrected chi connectivity index (χ2v) is 5.61. The normalized spacial score (nSPS) is 16.8. The first-order valence-corrected chi connectivity index (χ1v) is 7.40. The number of aryl methyl sites for hydroxylation is 2. The molecule has 1 unspecified atom stereocenters. The van der Waals surface area contributed by atoms with Crippen molar-refractivity contribution in [2.75, 3.05) is 11.9 Å². The highest BCUT2D eigenvalue weighted by Crippen LogP contribution is 2.41. The number of halogens is 1. The second-order valence-electron chi connectivity index (χ2n) is 4.96. The maximum Gasteiger partial charge on any atom is 0.354 e. The van der Waals surface area contributed by atoms with Crippen LogP contribution >= 0.6 is 15.9 Å². The van der Waals surface area contributed by atoms with Gasteiger partial charge in [-0.15, -0.1) is 0 Å². The molecule has 2 aromatic rings. The third kappa shape index (κ3) is 1.68. The molecule has 20 heavy (non-hydrogen) atoms. The highest BCUT2D eigenvalue weighted by molar-refractivity contribution is 9.09. The minimum Gasteiger partial charge on any atom is -0.492 e. The molecule has 1 aromatic heterocycles. The molecule has 0 aliphatic carbocycles. The van der Waals surface area contributed by atoms with E-state index in [1.54, 1.807) is 6.92 Å². The number of nitrogens with zero attached hydrogens (tertiary/aromatic N) is 1. The summed E-state index contributed by atoms with van der Waals surface area (Å²) in [5.74, 6) is 1.08. The molecule has 2 heterocycles. The van der Waals surface area contributed by atoms with E-state index in [1.807, 2.05) is 19.1 Å². The predicted molar refractivity (Wildman–Crippen MR) is 78.7 cm³/mol. The van der Waals surface area contributed by atoms with Crippen molar-refractivity contribution in [3.8, 4) is 11.8 Å². The molecule has 1 aliphatic heterocycles. The zero-order valence-corrected chi connectivity index (χ0v) is 12.7. The van der Waals surface area contributed by atoms with Crippen molar-refractivity contribution in [3.63, 3.8) is 0 Å². The largest absolute Gasteiger partial charge is 0.492 e. The summed E-state index contributed by atoms with van der Waals surface area (Å²) in [6.45, 7) is 4.28. The van der Waals surface area contributed by atoms with E-state index in [-0.39, 0.29) is 11.5 Å². The number of hydrogen-bond donors (Lipinski definition) is 0. The van der Waals surface area contributed by atoms with Crippen molar-refractivity contribution in [2.24, 2.45) is 0 Å². The lowest BCUT2D eigenvalue weighted by Gasteiger charge is -2.10. The standard InChI is InChI=1S/C15H12BrNO3/c1-7-10-3-11-9(4-16)6-19-13(11)8(2)14(10)20-15(18)12(7)5-17/h3,9H,4,6H2,1-2H3. The van der Waals surface area contributed by atoms with E-state index in [4.69, 9.17) is 14.4 Å². The number of alkyl halides is 1. The molecule has 0 saturated carbocycles. The molecule has 0 spiro atoms. The van der Waals surface area contributed by atoms with E-state index in [9.17, 15) is 4.79 Å². The van der Waals surface area contributed by atoms with Gasteiger partial charge in [-0.2, -0.15) is 5.26 Å². The van der Waals surface area contributed by atoms with Gasteiger partial charge in [0, 0.05) is 27.8 Å². The van der Waals surface area contributed by atoms with Gasteiger partial charge >= 0.3 is 5.63 Å². The summed E-state index contributed by atoms with van der Waals surface area (Å²) in [5, 5.41) is 10.7. The van der Waals surface area contributed by atoms with Gasteiger partial charge in [0.2, 0.25) is 0 Å². The Labute approximate surface area is 124 Å². The highest BCUT2D eigenvalue weighted by atomic mass is 79.9. The van der Waals surface area contributed by atoms with Crippen molar-refractivity contribution >= 4 is 26.9 Å². The molecule has 3 rings (SSSR count). The Kier molecular flexibility index (Phi) is 3.06. The number of nitriles is 1. The van der Waals surface area contributed by atoms with Crippen molar-refractivity contribution in [1.82, 2.24) is 0 Å². The Morgan fingerprint density at radius 3 is 2.85 bits per heavy atom. The summed E-state index contributed by atoms with van der Waals surface area (Å²) in [4.78, 5) is 11.8. The van der Waals surface area contributed by atoms with E-state index in [0.29, 0.717) is 17.8 Å². The van der Waals surface area contributed by atoms with Gasteiger partial charge in [-0.25, -0.2) is 4.79 Å². The number of rotatable bonds is 1. The maximum atomic E-state index is 11.8. The van der Waals surface area contributed by atoms with Crippen LogP contribution in [-0.2, 0) is 0 Å². The van der Waals surface area contributed by atoms with Gasteiger partial charge in [0.25, 0.3) is 0 Å². The number of benzene rings is 1. The first kappa shape index (κ1) is 13.2. The summed E-state index contributed by atoms with van der Waals surface area (Å²) >= 11 is 3.49. The molecule has 1 atom stereocenters. The van der Waals surface area contributed by atoms with E-state index < -0.39 is 5.63 Å². The fraction of sp³-hybridized carbons (Fsp3) is 0.333. The average molecular weight is 334 g/mol. The van der Waals surface area contributed by atoms with Crippen LogP contribution in [0.5, 0.6) is 5.75 Å². The molecule has 5 heteroatoms. The fourth-order valence-electron chi connectivity index (χ4n) is 2.68. The molecule has 0 radical (unpaired) electrons. The molecule has 0 fully saturated rings. The SMILES string of the molecule is Cc1c(C#N)c(=O)oc2c(C)c3c(cc12)C(CBr)CO3. The van der Waals surface area contributed by atoms with Crippen LogP contribution in [0.2, 0.25) is 0 Å². The molecule has 102 valence electrons. The van der Waals surface area contributed by atoms with Gasteiger partial charge in [-0.1, -0.05) is 15.9 Å². The van der Waals surface area contributed by atoms with Crippen LogP contribution in [0.3, 0.4) is 0 Å². The molecule has 0 saturated heterocycles. The van der Waals surface area contributed by atoms with Gasteiger partial charge in [0.15, 0.2) is 0 Å². The Morgan fingerprint density at radius 2 is 2.20 bits per heavy atom. The number of fused-ring (bicyclic) bond motifs is 2. The van der Waals surface area contributed by atoms with E-state index in [2.05, 4.69) is 15.9 Å². The Morgan fingerprint density at radius 1 is 1.45 bits per heavy atom. The second kappa shape index (κ2) is 4.64. The quantitative estimate of drug-likeness (QED) is 0.594. The highest BCUT2D eigenvalue weighted by Gasteiger charge is 2.28. The summed E-state index contributed by atoms with van der Waals surface area (Å²) < 4.78 is 11.0. The molecule has 1 aliphatic rings. The summed E-state index contributed by atoms with van der Waals surface area (Å²) in [5.41, 5.74) is 2.60. The maximum absolute atomic E-state index is 11.8. The smallest absolute Gasteiger partial charge is 0.354 e. The van der Waals surface area contributed by atoms with Crippen LogP contribution < -0.4 is 10.4 Å². The van der Waals surface area contributed by atoms with Gasteiger partial charge in [0.1, 0.15) is 23.0 Å². The van der Waals surface area contributed by atoms with Gasteiger partial charge < -0.3 is 9.15 Å². The average Bonchev–Trinajstić information content (AvgIpc) is 2.84. The molecule has 1 aromatic carbocycles. The fourth-order valence-corrected chi connectivity index (χ4v) is 3.21. The monoisotopic (exact) mass is 333 g/mol. The van der Waals surface area contributed by atoms with E-state index in [1.165, 1.54) is 0 Å². The van der Waals surface area contributed by atoms with Crippen LogP contribution in [0.1, 0.15) is 28.2 Å². The Balaban J connectivity index is 2.44. The summed E-state index contributed by atoms with van der Waals surface area (Å²) in [7, 11) is 0. The Hall–Kier alpha value is -1.80. The van der Waals surface area contributed by atoms with Gasteiger partial charge in [0.05, 0.1) is 6.61 Å². The first-order chi connectivity index (χ1) is 9.58. The lowest BCUT2D eigenvalue weighted by atomic mass is 9.96. The topological polar surface area (TPSA) is 63.2 Å². The van der Waals surface area contributed by atoms with Crippen molar-refractivity contribution in [3.05, 3.63) is 38.7 Å². The van der Waals surface area contributed by atoms with Gasteiger partial charge in [-0.05, 0) is 25.5 Å². The van der Waals surface area contributed by atoms with Crippen molar-refractivity contribution in [1.29, 1.82) is 5.26 Å². The first-order valence-electron chi connectivity index (χ1n) is 6.28. The molecule has 4 nitrogen and oxygen atoms in total. The third-order valence-electron chi connectivity index (χ3n) is 3.83. The lowest BCUT2D eigenvalue weighted by Crippen LogP contribution is -2.07. The zero-order valence-electron chi connectivity index (χ0n) is 11.1. The third-order valence-corrected chi connectivity index (χ3v) is 4.61.